The zero-order chi connectivity index (χ0) is 14.5. The lowest BCUT2D eigenvalue weighted by Crippen LogP contribution is -2.11. The van der Waals surface area contributed by atoms with E-state index in [-0.39, 0.29) is 12.3 Å². The molecule has 0 bridgehead atoms. The molecule has 2 rings (SSSR count). The Hall–Kier alpha value is -1.83. The van der Waals surface area contributed by atoms with Gasteiger partial charge in [0.1, 0.15) is 6.42 Å². The zero-order valence-corrected chi connectivity index (χ0v) is 12.4. The van der Waals surface area contributed by atoms with Gasteiger partial charge in [0.05, 0.1) is 16.8 Å². The molecule has 3 nitrogen and oxygen atoms in total. The Morgan fingerprint density at radius 1 is 1.55 bits per heavy atom. The predicted octanol–water partition coefficient (Wildman–Crippen LogP) is 4.49. The van der Waals surface area contributed by atoms with Gasteiger partial charge in [-0.1, -0.05) is 18.5 Å². The van der Waals surface area contributed by atoms with Crippen molar-refractivity contribution in [2.75, 3.05) is 5.32 Å². The third kappa shape index (κ3) is 3.19. The highest BCUT2D eigenvalue weighted by atomic mass is 35.5. The molecule has 0 spiro atoms. The number of hydrogen-bond donors (Lipinski definition) is 1. The largest absolute Gasteiger partial charge is 0.325 e. The van der Waals surface area contributed by atoms with E-state index in [1.165, 1.54) is 0 Å². The molecule has 101 valence electrons. The van der Waals surface area contributed by atoms with Crippen molar-refractivity contribution in [2.24, 2.45) is 0 Å². The number of anilines is 1. The number of halogens is 1. The summed E-state index contributed by atoms with van der Waals surface area (Å²) in [6.07, 6.45) is 1.73. The van der Waals surface area contributed by atoms with Crippen molar-refractivity contribution in [3.63, 3.8) is 0 Å². The Kier molecular flexibility index (Phi) is 4.78. The van der Waals surface area contributed by atoms with Gasteiger partial charge < -0.3 is 5.32 Å². The number of nitrogens with one attached hydrogen (secondary N) is 1. The number of nitrogens with zero attached hydrogens (tertiary/aromatic N) is 1. The van der Waals surface area contributed by atoms with E-state index in [1.807, 2.05) is 48.4 Å². The lowest BCUT2D eigenvalue weighted by Gasteiger charge is -2.13. The van der Waals surface area contributed by atoms with Gasteiger partial charge in [-0.3, -0.25) is 4.79 Å². The first-order valence-electron chi connectivity index (χ1n) is 5.98. The lowest BCUT2D eigenvalue weighted by atomic mass is 10.0. The van der Waals surface area contributed by atoms with Crippen LogP contribution in [-0.2, 0) is 4.79 Å². The highest BCUT2D eigenvalue weighted by molar-refractivity contribution is 7.08. The molecule has 1 aromatic heterocycles. The van der Waals surface area contributed by atoms with Gasteiger partial charge >= 0.3 is 0 Å². The summed E-state index contributed by atoms with van der Waals surface area (Å²) in [5.41, 5.74) is 3.28. The first-order valence-corrected chi connectivity index (χ1v) is 7.30. The molecule has 0 unspecified atom stereocenters. The van der Waals surface area contributed by atoms with Crippen LogP contribution in [0.3, 0.4) is 0 Å². The van der Waals surface area contributed by atoms with Crippen molar-refractivity contribution in [2.45, 2.75) is 13.3 Å². The Bertz CT molecular complexity index is 659. The van der Waals surface area contributed by atoms with E-state index < -0.39 is 0 Å². The van der Waals surface area contributed by atoms with Crippen LogP contribution >= 0.6 is 22.9 Å². The number of carbonyl (C=O) groups excluding carboxylic acids is 1. The van der Waals surface area contributed by atoms with Crippen LogP contribution in [0, 0.1) is 17.8 Å². The average Bonchev–Trinajstić information content (AvgIpc) is 2.92. The number of nitriles is 1. The minimum Gasteiger partial charge on any atom is -0.325 e. The molecular weight excluding hydrogens is 292 g/mol. The number of thiophene rings is 1. The molecule has 0 aliphatic carbocycles. The molecule has 0 fully saturated rings. The molecule has 1 amide bonds. The number of carbonyl (C=O) groups is 1. The molecule has 1 radical (unpaired) electrons. The second-order valence-corrected chi connectivity index (χ2v) is 5.30. The van der Waals surface area contributed by atoms with E-state index in [1.54, 1.807) is 11.3 Å². The van der Waals surface area contributed by atoms with Crippen molar-refractivity contribution in [3.05, 3.63) is 46.0 Å². The lowest BCUT2D eigenvalue weighted by molar-refractivity contribution is -0.115. The first-order chi connectivity index (χ1) is 9.65. The molecule has 0 saturated carbocycles. The van der Waals surface area contributed by atoms with E-state index in [9.17, 15) is 4.79 Å². The fourth-order valence-electron chi connectivity index (χ4n) is 1.86. The topological polar surface area (TPSA) is 52.9 Å². The molecule has 0 aliphatic heterocycles. The quantitative estimate of drug-likeness (QED) is 0.904. The molecule has 0 aliphatic rings. The van der Waals surface area contributed by atoms with Gasteiger partial charge in [-0.2, -0.15) is 16.6 Å². The number of hydrogen-bond acceptors (Lipinski definition) is 3. The van der Waals surface area contributed by atoms with E-state index in [2.05, 4.69) is 5.32 Å². The van der Waals surface area contributed by atoms with Crippen molar-refractivity contribution >= 4 is 34.5 Å². The highest BCUT2D eigenvalue weighted by Crippen LogP contribution is 2.37. The summed E-state index contributed by atoms with van der Waals surface area (Å²) in [5, 5.41) is 15.8. The second kappa shape index (κ2) is 6.56. The van der Waals surface area contributed by atoms with Crippen LogP contribution in [0.4, 0.5) is 5.69 Å². The summed E-state index contributed by atoms with van der Waals surface area (Å²) in [6.45, 7) is 1.90. The third-order valence-electron chi connectivity index (χ3n) is 2.77. The van der Waals surface area contributed by atoms with Crippen LogP contribution in [0.25, 0.3) is 11.1 Å². The van der Waals surface area contributed by atoms with Crippen LogP contribution < -0.4 is 5.32 Å². The van der Waals surface area contributed by atoms with Crippen LogP contribution in [0.2, 0.25) is 5.02 Å². The van der Waals surface area contributed by atoms with Crippen LogP contribution in [-0.4, -0.2) is 5.91 Å². The maximum Gasteiger partial charge on any atom is 0.238 e. The molecule has 0 atom stereocenters. The molecule has 1 N–H and O–H groups in total. The molecule has 5 heteroatoms. The normalized spacial score (nSPS) is 10.1. The van der Waals surface area contributed by atoms with Crippen LogP contribution in [0.1, 0.15) is 18.9 Å². The van der Waals surface area contributed by atoms with Gasteiger partial charge in [-0.25, -0.2) is 0 Å². The fraction of sp³-hybridized carbons (Fsp3) is 0.133. The smallest absolute Gasteiger partial charge is 0.238 e. The third-order valence-corrected chi connectivity index (χ3v) is 3.75. The Morgan fingerprint density at radius 3 is 2.95 bits per heavy atom. The predicted molar refractivity (Wildman–Crippen MR) is 82.7 cm³/mol. The van der Waals surface area contributed by atoms with Gasteiger partial charge in [-0.05, 0) is 46.5 Å². The molecule has 2 aromatic rings. The summed E-state index contributed by atoms with van der Waals surface area (Å²) < 4.78 is 0. The summed E-state index contributed by atoms with van der Waals surface area (Å²) in [4.78, 5) is 11.7. The molecule has 1 aromatic carbocycles. The minimum atomic E-state index is -0.340. The van der Waals surface area contributed by atoms with Gasteiger partial charge in [0.15, 0.2) is 0 Å². The Labute approximate surface area is 126 Å². The zero-order valence-electron chi connectivity index (χ0n) is 10.8. The van der Waals surface area contributed by atoms with E-state index in [0.717, 1.165) is 16.7 Å². The molecular formula is C15H12ClN2OS. The molecule has 1 heterocycles. The summed E-state index contributed by atoms with van der Waals surface area (Å²) in [7, 11) is 0. The first kappa shape index (κ1) is 14.6. The number of amides is 1. The van der Waals surface area contributed by atoms with Crippen molar-refractivity contribution < 1.29 is 4.79 Å². The van der Waals surface area contributed by atoms with Crippen LogP contribution in [0.15, 0.2) is 29.0 Å². The van der Waals surface area contributed by atoms with E-state index in [4.69, 9.17) is 16.9 Å². The van der Waals surface area contributed by atoms with Crippen LogP contribution in [0.5, 0.6) is 0 Å². The van der Waals surface area contributed by atoms with Gasteiger partial charge in [0, 0.05) is 5.56 Å². The van der Waals surface area contributed by atoms with Crippen molar-refractivity contribution in [3.8, 4) is 17.2 Å². The average molecular weight is 304 g/mol. The van der Waals surface area contributed by atoms with E-state index in [0.29, 0.717) is 10.7 Å². The van der Waals surface area contributed by atoms with Crippen molar-refractivity contribution in [1.82, 2.24) is 0 Å². The summed E-state index contributed by atoms with van der Waals surface area (Å²) in [5.74, 6) is -0.340. The standard InChI is InChI=1S/C15H12ClN2OS/c1-2-10-7-12(16)15(11-4-6-20-9-11)13(8-10)18-14(19)3-5-17/h2,4,6-9H,3H2,1H3,(H,18,19). The SMILES string of the molecule is C[CH]c1cc(Cl)c(-c2ccsc2)c(NC(=O)CC#N)c1. The van der Waals surface area contributed by atoms with Gasteiger partial charge in [-0.15, -0.1) is 0 Å². The second-order valence-electron chi connectivity index (χ2n) is 4.11. The fourth-order valence-corrected chi connectivity index (χ4v) is 2.84. The molecule has 20 heavy (non-hydrogen) atoms. The highest BCUT2D eigenvalue weighted by Gasteiger charge is 2.14. The van der Waals surface area contributed by atoms with E-state index >= 15 is 0 Å². The monoisotopic (exact) mass is 303 g/mol. The van der Waals surface area contributed by atoms with Crippen molar-refractivity contribution in [1.29, 1.82) is 5.26 Å². The minimum absolute atomic E-state index is 0.180. The number of rotatable bonds is 4. The summed E-state index contributed by atoms with van der Waals surface area (Å²) in [6, 6.07) is 7.49. The maximum atomic E-state index is 11.7. The Balaban J connectivity index is 2.49. The van der Waals surface area contributed by atoms with Gasteiger partial charge in [0.25, 0.3) is 0 Å². The summed E-state index contributed by atoms with van der Waals surface area (Å²) >= 11 is 7.89. The van der Waals surface area contributed by atoms with Gasteiger partial charge in [0.2, 0.25) is 5.91 Å². The Morgan fingerprint density at radius 2 is 2.35 bits per heavy atom. The maximum absolute atomic E-state index is 11.7. The molecule has 0 saturated heterocycles. The number of benzene rings is 1.